The summed E-state index contributed by atoms with van der Waals surface area (Å²) in [6, 6.07) is 2.54. The van der Waals surface area contributed by atoms with Gasteiger partial charge in [0, 0.05) is 0 Å². The minimum atomic E-state index is -0.786. The van der Waals surface area contributed by atoms with Gasteiger partial charge >= 0.3 is 0 Å². The van der Waals surface area contributed by atoms with Crippen LogP contribution in [0.4, 0.5) is 0 Å². The summed E-state index contributed by atoms with van der Waals surface area (Å²) in [6.45, 7) is 8.83. The van der Waals surface area contributed by atoms with E-state index >= 15 is 0 Å². The first-order chi connectivity index (χ1) is 8.18. The maximum atomic E-state index is 11.2. The quantitative estimate of drug-likeness (QED) is 0.762. The van der Waals surface area contributed by atoms with Gasteiger partial charge in [-0.3, -0.25) is 0 Å². The van der Waals surface area contributed by atoms with Crippen molar-refractivity contribution in [3.05, 3.63) is 0 Å². The average molecular weight is 249 g/mol. The van der Waals surface area contributed by atoms with Crippen LogP contribution in [0.25, 0.3) is 0 Å². The van der Waals surface area contributed by atoms with Crippen LogP contribution in [0.3, 0.4) is 0 Å². The highest BCUT2D eigenvalue weighted by Crippen LogP contribution is 2.61. The molecule has 0 aromatic carbocycles. The zero-order valence-electron chi connectivity index (χ0n) is 12.3. The Hall–Kier alpha value is -0.550. The number of nitrogens with zero attached hydrogens (tertiary/aromatic N) is 1. The van der Waals surface area contributed by atoms with Crippen molar-refractivity contribution in [2.24, 2.45) is 16.2 Å². The molecule has 2 saturated carbocycles. The molecule has 102 valence electrons. The Kier molecular flexibility index (Phi) is 3.06. The fourth-order valence-corrected chi connectivity index (χ4v) is 4.19. The fourth-order valence-electron chi connectivity index (χ4n) is 4.19. The summed E-state index contributed by atoms with van der Waals surface area (Å²) in [4.78, 5) is 0. The Morgan fingerprint density at radius 3 is 1.83 bits per heavy atom. The van der Waals surface area contributed by atoms with Crippen LogP contribution in [0.5, 0.6) is 0 Å². The molecule has 0 aromatic heterocycles. The summed E-state index contributed by atoms with van der Waals surface area (Å²) >= 11 is 0. The van der Waals surface area contributed by atoms with Crippen LogP contribution in [0.1, 0.15) is 72.6 Å². The highest BCUT2D eigenvalue weighted by molar-refractivity contribution is 5.19. The van der Waals surface area contributed by atoms with Crippen molar-refractivity contribution in [3.8, 4) is 6.07 Å². The van der Waals surface area contributed by atoms with Gasteiger partial charge in [-0.15, -0.1) is 0 Å². The molecule has 0 spiro atoms. The third-order valence-corrected chi connectivity index (χ3v) is 5.92. The molecular formula is C16H27NO. The minimum absolute atomic E-state index is 0.121. The maximum Gasteiger partial charge on any atom is 0.0883 e. The van der Waals surface area contributed by atoms with Crippen molar-refractivity contribution in [2.45, 2.75) is 78.2 Å². The van der Waals surface area contributed by atoms with Crippen molar-refractivity contribution in [2.75, 3.05) is 0 Å². The first-order valence-corrected chi connectivity index (χ1v) is 7.32. The van der Waals surface area contributed by atoms with Gasteiger partial charge in [-0.05, 0) is 55.8 Å². The molecule has 2 heteroatoms. The molecule has 0 aliphatic heterocycles. The van der Waals surface area contributed by atoms with Crippen LogP contribution in [0.15, 0.2) is 0 Å². The van der Waals surface area contributed by atoms with Crippen molar-refractivity contribution >= 4 is 0 Å². The van der Waals surface area contributed by atoms with Crippen LogP contribution < -0.4 is 0 Å². The van der Waals surface area contributed by atoms with Gasteiger partial charge in [-0.1, -0.05) is 27.7 Å². The summed E-state index contributed by atoms with van der Waals surface area (Å²) in [5, 5.41) is 21.0. The predicted octanol–water partition coefficient (Wildman–Crippen LogP) is 4.04. The van der Waals surface area contributed by atoms with Crippen molar-refractivity contribution in [1.29, 1.82) is 5.26 Å². The van der Waals surface area contributed by atoms with Gasteiger partial charge in [-0.2, -0.15) is 5.26 Å². The summed E-state index contributed by atoms with van der Waals surface area (Å²) in [7, 11) is 0. The topological polar surface area (TPSA) is 44.0 Å². The van der Waals surface area contributed by atoms with Gasteiger partial charge in [0.05, 0.1) is 17.1 Å². The zero-order valence-corrected chi connectivity index (χ0v) is 12.3. The van der Waals surface area contributed by atoms with E-state index in [4.69, 9.17) is 0 Å². The molecule has 1 N–H and O–H groups in total. The lowest BCUT2D eigenvalue weighted by Crippen LogP contribution is -2.56. The van der Waals surface area contributed by atoms with E-state index in [-0.39, 0.29) is 5.41 Å². The molecule has 2 aliphatic carbocycles. The van der Waals surface area contributed by atoms with E-state index in [0.29, 0.717) is 5.41 Å². The van der Waals surface area contributed by atoms with Crippen LogP contribution in [-0.4, -0.2) is 10.7 Å². The molecule has 2 nitrogen and oxygen atoms in total. The Morgan fingerprint density at radius 2 is 1.44 bits per heavy atom. The van der Waals surface area contributed by atoms with E-state index < -0.39 is 11.0 Å². The molecule has 0 saturated heterocycles. The average Bonchev–Trinajstić information content (AvgIpc) is 2.55. The molecule has 1 atom stereocenters. The lowest BCUT2D eigenvalue weighted by atomic mass is 9.53. The van der Waals surface area contributed by atoms with Crippen LogP contribution >= 0.6 is 0 Å². The van der Waals surface area contributed by atoms with Crippen LogP contribution in [0.2, 0.25) is 0 Å². The van der Waals surface area contributed by atoms with Crippen molar-refractivity contribution in [3.63, 3.8) is 0 Å². The molecule has 0 aromatic rings. The highest BCUT2D eigenvalue weighted by Gasteiger charge is 2.61. The molecule has 0 radical (unpaired) electrons. The van der Waals surface area contributed by atoms with Gasteiger partial charge in [0.1, 0.15) is 0 Å². The first kappa shape index (κ1) is 13.9. The number of nitriles is 1. The highest BCUT2D eigenvalue weighted by atomic mass is 16.3. The maximum absolute atomic E-state index is 11.2. The first-order valence-electron chi connectivity index (χ1n) is 7.32. The van der Waals surface area contributed by atoms with Crippen molar-refractivity contribution < 1.29 is 5.11 Å². The Morgan fingerprint density at radius 1 is 0.889 bits per heavy atom. The number of aliphatic hydroxyl groups is 1. The molecule has 2 aliphatic rings. The molecule has 2 rings (SSSR count). The molecule has 0 bridgehead atoms. The van der Waals surface area contributed by atoms with Gasteiger partial charge in [0.25, 0.3) is 0 Å². The third-order valence-electron chi connectivity index (χ3n) is 5.92. The second-order valence-electron chi connectivity index (χ2n) is 7.96. The van der Waals surface area contributed by atoms with Gasteiger partial charge in [-0.25, -0.2) is 0 Å². The normalized spacial score (nSPS) is 37.1. The zero-order chi connectivity index (χ0) is 13.7. The van der Waals surface area contributed by atoms with E-state index in [9.17, 15) is 10.4 Å². The standard InChI is InChI=1S/C16H27NO/c1-13(2)8-10-15(12-17,11-9-13)16(18)7-5-6-14(16,3)4/h18H,5-11H2,1-4H3. The lowest BCUT2D eigenvalue weighted by Gasteiger charge is -2.52. The molecule has 1 unspecified atom stereocenters. The second-order valence-corrected chi connectivity index (χ2v) is 7.96. The predicted molar refractivity (Wildman–Crippen MR) is 72.9 cm³/mol. The van der Waals surface area contributed by atoms with Gasteiger partial charge in [0.2, 0.25) is 0 Å². The smallest absolute Gasteiger partial charge is 0.0883 e. The SMILES string of the molecule is CC1(C)CCC(C#N)(C2(O)CCCC2(C)C)CC1. The Bertz CT molecular complexity index is 367. The summed E-state index contributed by atoms with van der Waals surface area (Å²) in [5.74, 6) is 0. The Balaban J connectivity index is 2.33. The lowest BCUT2D eigenvalue weighted by molar-refractivity contribution is -0.141. The van der Waals surface area contributed by atoms with Gasteiger partial charge < -0.3 is 5.11 Å². The van der Waals surface area contributed by atoms with E-state index in [2.05, 4.69) is 33.8 Å². The largest absolute Gasteiger partial charge is 0.388 e. The summed E-state index contributed by atoms with van der Waals surface area (Å²) in [6.07, 6.45) is 6.71. The number of rotatable bonds is 1. The van der Waals surface area contributed by atoms with E-state index in [0.717, 1.165) is 44.9 Å². The molecule has 0 amide bonds. The number of hydrogen-bond acceptors (Lipinski definition) is 2. The van der Waals surface area contributed by atoms with E-state index in [1.165, 1.54) is 0 Å². The number of hydrogen-bond donors (Lipinski definition) is 1. The van der Waals surface area contributed by atoms with Crippen molar-refractivity contribution in [1.82, 2.24) is 0 Å². The van der Waals surface area contributed by atoms with E-state index in [1.807, 2.05) is 0 Å². The van der Waals surface area contributed by atoms with Crippen LogP contribution in [-0.2, 0) is 0 Å². The third kappa shape index (κ3) is 1.79. The minimum Gasteiger partial charge on any atom is -0.388 e. The Labute approximate surface area is 111 Å². The molecule has 0 heterocycles. The summed E-state index contributed by atoms with van der Waals surface area (Å²) < 4.78 is 0. The fraction of sp³-hybridized carbons (Fsp3) is 0.938. The van der Waals surface area contributed by atoms with E-state index in [1.54, 1.807) is 0 Å². The monoisotopic (exact) mass is 249 g/mol. The van der Waals surface area contributed by atoms with Gasteiger partial charge in [0.15, 0.2) is 0 Å². The summed E-state index contributed by atoms with van der Waals surface area (Å²) in [5.41, 5.74) is -1.09. The molecular weight excluding hydrogens is 222 g/mol. The van der Waals surface area contributed by atoms with Crippen LogP contribution in [0, 0.1) is 27.6 Å². The molecule has 18 heavy (non-hydrogen) atoms. The second kappa shape index (κ2) is 3.97. The molecule has 2 fully saturated rings.